The molecule has 1 N–H and O–H groups in total. The van der Waals surface area contributed by atoms with Gasteiger partial charge in [0, 0.05) is 27.1 Å². The molecule has 2 aromatic rings. The first kappa shape index (κ1) is 9.02. The first-order chi connectivity index (χ1) is 6.76. The molecule has 0 saturated carbocycles. The minimum atomic E-state index is 0.0858. The molecule has 0 aliphatic carbocycles. The Hall–Kier alpha value is -1.55. The largest absolute Gasteiger partial charge is 0.507 e. The van der Waals surface area contributed by atoms with Crippen molar-refractivity contribution in [3.05, 3.63) is 23.1 Å². The highest BCUT2D eigenvalue weighted by atomic mass is 32.1. The molecule has 1 heterocycles. The average Bonchev–Trinajstić information content (AvgIpc) is 2.61. The van der Waals surface area contributed by atoms with Crippen LogP contribution in [0.5, 0.6) is 11.5 Å². The van der Waals surface area contributed by atoms with Crippen molar-refractivity contribution in [1.29, 1.82) is 0 Å². The third-order valence-electron chi connectivity index (χ3n) is 2.02. The summed E-state index contributed by atoms with van der Waals surface area (Å²) in [6.07, 6.45) is 0.741. The van der Waals surface area contributed by atoms with E-state index in [9.17, 15) is 9.90 Å². The molecule has 0 aliphatic rings. The maximum absolute atomic E-state index is 10.7. The molecule has 1 aromatic carbocycles. The minimum absolute atomic E-state index is 0.0858. The summed E-state index contributed by atoms with van der Waals surface area (Å²) < 4.78 is 5.86. The second-order valence-electron chi connectivity index (χ2n) is 2.83. The minimum Gasteiger partial charge on any atom is -0.507 e. The van der Waals surface area contributed by atoms with Crippen molar-refractivity contribution in [3.63, 3.8) is 0 Å². The molecule has 3 nitrogen and oxygen atoms in total. The van der Waals surface area contributed by atoms with Crippen LogP contribution in [0.1, 0.15) is 10.4 Å². The first-order valence-electron chi connectivity index (χ1n) is 3.99. The number of carbonyl (C=O) groups excluding carboxylic acids is 1. The van der Waals surface area contributed by atoms with Crippen molar-refractivity contribution in [2.24, 2.45) is 0 Å². The Bertz CT molecular complexity index is 487. The molecule has 0 atom stereocenters. The van der Waals surface area contributed by atoms with Crippen molar-refractivity contribution in [2.75, 3.05) is 7.11 Å². The number of aldehydes is 1. The van der Waals surface area contributed by atoms with E-state index < -0.39 is 0 Å². The summed E-state index contributed by atoms with van der Waals surface area (Å²) in [5.41, 5.74) is 0.519. The molecule has 4 heteroatoms. The zero-order valence-electron chi connectivity index (χ0n) is 7.48. The van der Waals surface area contributed by atoms with Crippen LogP contribution in [0.3, 0.4) is 0 Å². The second-order valence-corrected chi connectivity index (χ2v) is 3.74. The van der Waals surface area contributed by atoms with E-state index in [0.717, 1.165) is 11.0 Å². The molecular weight excluding hydrogens is 200 g/mol. The van der Waals surface area contributed by atoms with Crippen molar-refractivity contribution in [1.82, 2.24) is 0 Å². The topological polar surface area (TPSA) is 46.5 Å². The summed E-state index contributed by atoms with van der Waals surface area (Å²) in [6.45, 7) is 0. The van der Waals surface area contributed by atoms with Gasteiger partial charge >= 0.3 is 0 Å². The van der Waals surface area contributed by atoms with Crippen molar-refractivity contribution in [3.8, 4) is 11.5 Å². The maximum Gasteiger partial charge on any atom is 0.151 e. The van der Waals surface area contributed by atoms with E-state index in [2.05, 4.69) is 0 Å². The molecular formula is C10H8O3S. The first-order valence-corrected chi connectivity index (χ1v) is 4.87. The molecule has 14 heavy (non-hydrogen) atoms. The van der Waals surface area contributed by atoms with Crippen LogP contribution in [0.2, 0.25) is 0 Å². The van der Waals surface area contributed by atoms with Crippen LogP contribution in [-0.4, -0.2) is 18.5 Å². The Morgan fingerprint density at radius 2 is 2.29 bits per heavy atom. The fraction of sp³-hybridized carbons (Fsp3) is 0.100. The molecule has 0 bridgehead atoms. The van der Waals surface area contributed by atoms with Crippen molar-refractivity contribution in [2.45, 2.75) is 0 Å². The fourth-order valence-electron chi connectivity index (χ4n) is 1.35. The summed E-state index contributed by atoms with van der Waals surface area (Å²) in [5, 5.41) is 12.0. The monoisotopic (exact) mass is 208 g/mol. The van der Waals surface area contributed by atoms with Crippen LogP contribution in [0, 0.1) is 0 Å². The molecule has 0 aliphatic heterocycles. The van der Waals surface area contributed by atoms with E-state index in [1.54, 1.807) is 11.4 Å². The predicted octanol–water partition coefficient (Wildman–Crippen LogP) is 2.43. The molecule has 0 fully saturated rings. The lowest BCUT2D eigenvalue weighted by Crippen LogP contribution is -1.82. The molecule has 2 rings (SSSR count). The van der Waals surface area contributed by atoms with Gasteiger partial charge in [-0.05, 0) is 6.07 Å². The number of hydrogen-bond donors (Lipinski definition) is 1. The summed E-state index contributed by atoms with van der Waals surface area (Å²) in [4.78, 5) is 10.7. The van der Waals surface area contributed by atoms with E-state index in [1.165, 1.54) is 24.5 Å². The van der Waals surface area contributed by atoms with Gasteiger partial charge in [0.2, 0.25) is 0 Å². The van der Waals surface area contributed by atoms with Gasteiger partial charge < -0.3 is 9.84 Å². The number of ether oxygens (including phenoxy) is 1. The smallest absolute Gasteiger partial charge is 0.151 e. The van der Waals surface area contributed by atoms with Gasteiger partial charge in [0.1, 0.15) is 11.5 Å². The van der Waals surface area contributed by atoms with Crippen molar-refractivity contribution < 1.29 is 14.6 Å². The normalized spacial score (nSPS) is 10.4. The highest BCUT2D eigenvalue weighted by Gasteiger charge is 2.09. The lowest BCUT2D eigenvalue weighted by Gasteiger charge is -2.01. The maximum atomic E-state index is 10.7. The van der Waals surface area contributed by atoms with E-state index >= 15 is 0 Å². The summed E-state index contributed by atoms with van der Waals surface area (Å²) in [5.74, 6) is 0.678. The second kappa shape index (κ2) is 3.31. The Morgan fingerprint density at radius 3 is 2.93 bits per heavy atom. The van der Waals surface area contributed by atoms with E-state index in [-0.39, 0.29) is 5.75 Å². The molecule has 0 amide bonds. The van der Waals surface area contributed by atoms with Crippen molar-refractivity contribution >= 4 is 27.7 Å². The summed E-state index contributed by atoms with van der Waals surface area (Å²) in [6, 6.07) is 3.30. The number of phenols is 1. The van der Waals surface area contributed by atoms with Gasteiger partial charge in [0.25, 0.3) is 0 Å². The fourth-order valence-corrected chi connectivity index (χ4v) is 2.30. The Balaban J connectivity index is 2.78. The number of fused-ring (bicyclic) bond motifs is 1. The lowest BCUT2D eigenvalue weighted by atomic mass is 10.1. The number of aromatic hydroxyl groups is 1. The van der Waals surface area contributed by atoms with E-state index in [0.29, 0.717) is 16.7 Å². The third kappa shape index (κ3) is 1.24. The number of rotatable bonds is 2. The van der Waals surface area contributed by atoms with E-state index in [1.807, 2.05) is 0 Å². The quantitative estimate of drug-likeness (QED) is 0.771. The molecule has 0 radical (unpaired) electrons. The molecule has 0 unspecified atom stereocenters. The number of phenolic OH excluding ortho intramolecular Hbond substituents is 1. The number of benzene rings is 1. The lowest BCUT2D eigenvalue weighted by molar-refractivity contribution is 0.112. The van der Waals surface area contributed by atoms with Crippen LogP contribution in [0.4, 0.5) is 0 Å². The number of hydrogen-bond acceptors (Lipinski definition) is 4. The van der Waals surface area contributed by atoms with E-state index in [4.69, 9.17) is 4.74 Å². The average molecular weight is 208 g/mol. The Morgan fingerprint density at radius 1 is 1.50 bits per heavy atom. The van der Waals surface area contributed by atoms with Gasteiger partial charge in [-0.15, -0.1) is 11.3 Å². The SMILES string of the molecule is COc1cc(O)c2c(C=O)csc2c1. The Labute approximate surface area is 84.6 Å². The predicted molar refractivity (Wildman–Crippen MR) is 55.4 cm³/mol. The van der Waals surface area contributed by atoms with Gasteiger partial charge in [0.15, 0.2) is 6.29 Å². The third-order valence-corrected chi connectivity index (χ3v) is 2.97. The van der Waals surface area contributed by atoms with Gasteiger partial charge in [0.05, 0.1) is 7.11 Å². The van der Waals surface area contributed by atoms with Crippen LogP contribution in [0.25, 0.3) is 10.1 Å². The molecule has 0 spiro atoms. The zero-order chi connectivity index (χ0) is 10.1. The molecule has 72 valence electrons. The molecule has 1 aromatic heterocycles. The molecule has 0 saturated heterocycles. The highest BCUT2D eigenvalue weighted by molar-refractivity contribution is 7.17. The standard InChI is InChI=1S/C10H8O3S/c1-13-7-2-8(12)10-6(4-11)5-14-9(10)3-7/h2-5,12H,1H3. The summed E-state index contributed by atoms with van der Waals surface area (Å²) in [7, 11) is 1.54. The van der Waals surface area contributed by atoms with Crippen LogP contribution >= 0.6 is 11.3 Å². The zero-order valence-corrected chi connectivity index (χ0v) is 8.30. The van der Waals surface area contributed by atoms with Gasteiger partial charge in [-0.1, -0.05) is 0 Å². The number of carbonyl (C=O) groups is 1. The highest BCUT2D eigenvalue weighted by Crippen LogP contribution is 2.36. The van der Waals surface area contributed by atoms with Crippen LogP contribution in [-0.2, 0) is 0 Å². The number of methoxy groups -OCH3 is 1. The Kier molecular flexibility index (Phi) is 2.13. The van der Waals surface area contributed by atoms with Gasteiger partial charge in [-0.3, -0.25) is 4.79 Å². The van der Waals surface area contributed by atoms with Gasteiger partial charge in [-0.25, -0.2) is 0 Å². The van der Waals surface area contributed by atoms with Crippen LogP contribution in [0.15, 0.2) is 17.5 Å². The van der Waals surface area contributed by atoms with Crippen LogP contribution < -0.4 is 4.74 Å². The number of thiophene rings is 1. The summed E-state index contributed by atoms with van der Waals surface area (Å²) >= 11 is 1.41. The van der Waals surface area contributed by atoms with Gasteiger partial charge in [-0.2, -0.15) is 0 Å².